The summed E-state index contributed by atoms with van der Waals surface area (Å²) in [4.78, 5) is 17.5. The van der Waals surface area contributed by atoms with E-state index in [2.05, 4.69) is 45.6 Å². The van der Waals surface area contributed by atoms with Gasteiger partial charge in [-0.15, -0.1) is 0 Å². The number of amides is 2. The number of carbonyl (C=O) groups is 1. The summed E-state index contributed by atoms with van der Waals surface area (Å²) in [6.45, 7) is 9.10. The second-order valence-electron chi connectivity index (χ2n) is 8.25. The van der Waals surface area contributed by atoms with Gasteiger partial charge in [0.05, 0.1) is 12.1 Å². The van der Waals surface area contributed by atoms with Crippen LogP contribution < -0.4 is 10.6 Å². The van der Waals surface area contributed by atoms with Gasteiger partial charge in [0.15, 0.2) is 0 Å². The molecule has 2 amide bonds. The highest BCUT2D eigenvalue weighted by molar-refractivity contribution is 5.75. The molecule has 160 valence electrons. The summed E-state index contributed by atoms with van der Waals surface area (Å²) in [7, 11) is 0. The third-order valence-electron chi connectivity index (χ3n) is 6.35. The molecular weight excluding hydrogens is 376 g/mol. The van der Waals surface area contributed by atoms with Crippen LogP contribution >= 0.6 is 0 Å². The van der Waals surface area contributed by atoms with Crippen LogP contribution in [0.15, 0.2) is 48.5 Å². The molecule has 1 saturated heterocycles. The summed E-state index contributed by atoms with van der Waals surface area (Å²) in [5.74, 6) is 0. The maximum absolute atomic E-state index is 12.5. The molecule has 0 saturated carbocycles. The standard InChI is InChI=1S/C24H32N4O2/c1-2-27-11-13-28(14-12-27)17-20-9-4-3-8-19(20)16-25-24(30)26-23-21-10-6-5-7-18(21)15-22(23)29/h3-10,22-23,29H,2,11-17H2,1H3,(H2,25,26,30)/t22-,23+/m0/s1. The molecule has 0 radical (unpaired) electrons. The highest BCUT2D eigenvalue weighted by Crippen LogP contribution is 2.31. The van der Waals surface area contributed by atoms with Crippen molar-refractivity contribution in [2.45, 2.75) is 38.6 Å². The Labute approximate surface area is 178 Å². The highest BCUT2D eigenvalue weighted by Gasteiger charge is 2.31. The zero-order valence-electron chi connectivity index (χ0n) is 17.7. The molecule has 2 aromatic carbocycles. The van der Waals surface area contributed by atoms with Crippen LogP contribution in [0.2, 0.25) is 0 Å². The summed E-state index contributed by atoms with van der Waals surface area (Å²) in [6, 6.07) is 15.6. The van der Waals surface area contributed by atoms with Gasteiger partial charge in [-0.3, -0.25) is 4.90 Å². The number of aliphatic hydroxyl groups excluding tert-OH is 1. The largest absolute Gasteiger partial charge is 0.390 e. The summed E-state index contributed by atoms with van der Waals surface area (Å²) in [5, 5.41) is 16.3. The minimum Gasteiger partial charge on any atom is -0.390 e. The van der Waals surface area contributed by atoms with Crippen molar-refractivity contribution in [3.05, 3.63) is 70.8 Å². The van der Waals surface area contributed by atoms with E-state index in [1.54, 1.807) is 0 Å². The number of carbonyl (C=O) groups excluding carboxylic acids is 1. The average molecular weight is 409 g/mol. The average Bonchev–Trinajstić information content (AvgIpc) is 3.09. The van der Waals surface area contributed by atoms with Crippen molar-refractivity contribution < 1.29 is 9.90 Å². The van der Waals surface area contributed by atoms with Crippen molar-refractivity contribution in [3.8, 4) is 0 Å². The molecule has 1 heterocycles. The molecule has 6 heteroatoms. The van der Waals surface area contributed by atoms with Gasteiger partial charge in [-0.25, -0.2) is 4.79 Å². The Morgan fingerprint density at radius 2 is 1.67 bits per heavy atom. The fourth-order valence-electron chi connectivity index (χ4n) is 4.50. The van der Waals surface area contributed by atoms with Gasteiger partial charge in [0.25, 0.3) is 0 Å². The lowest BCUT2D eigenvalue weighted by atomic mass is 10.1. The van der Waals surface area contributed by atoms with Crippen LogP contribution in [-0.2, 0) is 19.5 Å². The van der Waals surface area contributed by atoms with Crippen LogP contribution in [0.1, 0.15) is 35.2 Å². The number of likely N-dealkylation sites (N-methyl/N-ethyl adjacent to an activating group) is 1. The number of rotatable bonds is 6. The Balaban J connectivity index is 1.32. The molecule has 6 nitrogen and oxygen atoms in total. The zero-order valence-corrected chi connectivity index (χ0v) is 17.7. The topological polar surface area (TPSA) is 67.8 Å². The summed E-state index contributed by atoms with van der Waals surface area (Å²) < 4.78 is 0. The van der Waals surface area contributed by atoms with E-state index >= 15 is 0 Å². The second kappa shape index (κ2) is 9.60. The zero-order chi connectivity index (χ0) is 20.9. The first-order chi connectivity index (χ1) is 14.6. The van der Waals surface area contributed by atoms with Gasteiger partial charge in [-0.1, -0.05) is 55.5 Å². The van der Waals surface area contributed by atoms with Crippen molar-refractivity contribution >= 4 is 6.03 Å². The predicted molar refractivity (Wildman–Crippen MR) is 118 cm³/mol. The van der Waals surface area contributed by atoms with Gasteiger partial charge in [0, 0.05) is 45.7 Å². The molecule has 30 heavy (non-hydrogen) atoms. The Kier molecular flexibility index (Phi) is 6.67. The van der Waals surface area contributed by atoms with Crippen molar-refractivity contribution in [2.24, 2.45) is 0 Å². The van der Waals surface area contributed by atoms with E-state index in [0.717, 1.165) is 56.0 Å². The molecule has 2 aromatic rings. The number of nitrogens with zero attached hydrogens (tertiary/aromatic N) is 2. The first kappa shape index (κ1) is 20.8. The molecule has 0 spiro atoms. The van der Waals surface area contributed by atoms with Crippen molar-refractivity contribution in [2.75, 3.05) is 32.7 Å². The number of piperazine rings is 1. The predicted octanol–water partition coefficient (Wildman–Crippen LogP) is 2.28. The molecule has 0 aromatic heterocycles. The van der Waals surface area contributed by atoms with Gasteiger partial charge in [-0.05, 0) is 28.8 Å². The van der Waals surface area contributed by atoms with Crippen LogP contribution in [-0.4, -0.2) is 59.8 Å². The van der Waals surface area contributed by atoms with E-state index < -0.39 is 6.10 Å². The monoisotopic (exact) mass is 408 g/mol. The third kappa shape index (κ3) is 4.83. The summed E-state index contributed by atoms with van der Waals surface area (Å²) in [5.41, 5.74) is 4.50. The minimum atomic E-state index is -0.581. The number of hydrogen-bond donors (Lipinski definition) is 3. The SMILES string of the molecule is CCN1CCN(Cc2ccccc2CNC(=O)N[C@@H]2c3ccccc3C[C@@H]2O)CC1. The van der Waals surface area contributed by atoms with Crippen LogP contribution in [0.5, 0.6) is 0 Å². The van der Waals surface area contributed by atoms with E-state index in [1.165, 1.54) is 5.56 Å². The van der Waals surface area contributed by atoms with Gasteiger partial charge in [-0.2, -0.15) is 0 Å². The van der Waals surface area contributed by atoms with Crippen LogP contribution in [0, 0.1) is 0 Å². The Morgan fingerprint density at radius 3 is 2.43 bits per heavy atom. The first-order valence-corrected chi connectivity index (χ1v) is 11.0. The lowest BCUT2D eigenvalue weighted by Crippen LogP contribution is -2.45. The molecular formula is C24H32N4O2. The molecule has 4 rings (SSSR count). The summed E-state index contributed by atoms with van der Waals surface area (Å²) in [6.07, 6.45) is -0.00265. The molecule has 1 aliphatic heterocycles. The van der Waals surface area contributed by atoms with Gasteiger partial charge in [0.1, 0.15) is 0 Å². The van der Waals surface area contributed by atoms with Crippen LogP contribution in [0.4, 0.5) is 4.79 Å². The lowest BCUT2D eigenvalue weighted by molar-refractivity contribution is 0.131. The fourth-order valence-corrected chi connectivity index (χ4v) is 4.50. The first-order valence-electron chi connectivity index (χ1n) is 11.0. The molecule has 2 atom stereocenters. The molecule has 0 bridgehead atoms. The summed E-state index contributed by atoms with van der Waals surface area (Å²) >= 11 is 0. The van der Waals surface area contributed by atoms with E-state index in [4.69, 9.17) is 0 Å². The minimum absolute atomic E-state index is 0.248. The van der Waals surface area contributed by atoms with Crippen LogP contribution in [0.25, 0.3) is 0 Å². The number of hydrogen-bond acceptors (Lipinski definition) is 4. The third-order valence-corrected chi connectivity index (χ3v) is 6.35. The highest BCUT2D eigenvalue weighted by atomic mass is 16.3. The van der Waals surface area contributed by atoms with E-state index in [9.17, 15) is 9.90 Å². The van der Waals surface area contributed by atoms with Crippen LogP contribution in [0.3, 0.4) is 0 Å². The normalized spacial score (nSPS) is 21.9. The molecule has 0 unspecified atom stereocenters. The molecule has 3 N–H and O–H groups in total. The Bertz CT molecular complexity index is 864. The van der Waals surface area contributed by atoms with E-state index in [0.29, 0.717) is 13.0 Å². The Morgan fingerprint density at radius 1 is 1.00 bits per heavy atom. The van der Waals surface area contributed by atoms with Crippen molar-refractivity contribution in [3.63, 3.8) is 0 Å². The number of urea groups is 1. The smallest absolute Gasteiger partial charge is 0.315 e. The Hall–Kier alpha value is -2.41. The molecule has 2 aliphatic rings. The second-order valence-corrected chi connectivity index (χ2v) is 8.25. The maximum Gasteiger partial charge on any atom is 0.315 e. The lowest BCUT2D eigenvalue weighted by Gasteiger charge is -2.34. The van der Waals surface area contributed by atoms with E-state index in [1.807, 2.05) is 30.3 Å². The molecule has 1 aliphatic carbocycles. The number of nitrogens with one attached hydrogen (secondary N) is 2. The number of aliphatic hydroxyl groups is 1. The fraction of sp³-hybridized carbons (Fsp3) is 0.458. The van der Waals surface area contributed by atoms with Gasteiger partial charge >= 0.3 is 6.03 Å². The van der Waals surface area contributed by atoms with Gasteiger partial charge in [0.2, 0.25) is 0 Å². The maximum atomic E-state index is 12.5. The molecule has 1 fully saturated rings. The van der Waals surface area contributed by atoms with Crippen molar-refractivity contribution in [1.29, 1.82) is 0 Å². The van der Waals surface area contributed by atoms with Crippen molar-refractivity contribution in [1.82, 2.24) is 20.4 Å². The number of fused-ring (bicyclic) bond motifs is 1. The number of benzene rings is 2. The van der Waals surface area contributed by atoms with Gasteiger partial charge < -0.3 is 20.6 Å². The van der Waals surface area contributed by atoms with E-state index in [-0.39, 0.29) is 12.1 Å². The quantitative estimate of drug-likeness (QED) is 0.686.